The first-order chi connectivity index (χ1) is 9.13. The smallest absolute Gasteiger partial charge is 0.226 e. The van der Waals surface area contributed by atoms with Gasteiger partial charge in [0.25, 0.3) is 0 Å². The van der Waals surface area contributed by atoms with Gasteiger partial charge in [0.1, 0.15) is 17.3 Å². The molecule has 98 valence electrons. The van der Waals surface area contributed by atoms with Crippen molar-refractivity contribution in [2.24, 2.45) is 0 Å². The lowest BCUT2D eigenvalue weighted by atomic mass is 10.3. The Kier molecular flexibility index (Phi) is 2.83. The van der Waals surface area contributed by atoms with Gasteiger partial charge in [-0.2, -0.15) is 9.97 Å². The average molecular weight is 279 g/mol. The number of aromatic nitrogens is 5. The molecule has 7 nitrogen and oxygen atoms in total. The van der Waals surface area contributed by atoms with E-state index in [4.69, 9.17) is 16.0 Å². The van der Waals surface area contributed by atoms with Crippen LogP contribution in [0.2, 0.25) is 5.28 Å². The van der Waals surface area contributed by atoms with Gasteiger partial charge < -0.3 is 14.7 Å². The topological polar surface area (TPSA) is 92.5 Å². The minimum atomic E-state index is -0.147. The van der Waals surface area contributed by atoms with Crippen molar-refractivity contribution >= 4 is 28.6 Å². The highest BCUT2D eigenvalue weighted by Gasteiger charge is 2.15. The van der Waals surface area contributed by atoms with Crippen molar-refractivity contribution in [3.05, 3.63) is 29.5 Å². The summed E-state index contributed by atoms with van der Waals surface area (Å²) in [5, 5.41) is 3.32. The molecule has 2 N–H and O–H groups in total. The van der Waals surface area contributed by atoms with Crippen LogP contribution < -0.4 is 5.32 Å². The van der Waals surface area contributed by atoms with Gasteiger partial charge in [-0.3, -0.25) is 0 Å². The normalized spacial score (nSPS) is 12.8. The van der Waals surface area contributed by atoms with E-state index in [9.17, 15) is 0 Å². The summed E-state index contributed by atoms with van der Waals surface area (Å²) >= 11 is 5.86. The van der Waals surface area contributed by atoms with Crippen LogP contribution in [0.3, 0.4) is 0 Å². The molecular weight excluding hydrogens is 268 g/mol. The van der Waals surface area contributed by atoms with E-state index < -0.39 is 0 Å². The van der Waals surface area contributed by atoms with Crippen molar-refractivity contribution in [1.29, 1.82) is 0 Å². The van der Waals surface area contributed by atoms with Crippen LogP contribution in [0.5, 0.6) is 0 Å². The first-order valence-electron chi connectivity index (χ1n) is 5.69. The van der Waals surface area contributed by atoms with Crippen molar-refractivity contribution in [2.45, 2.75) is 19.9 Å². The van der Waals surface area contributed by atoms with Crippen molar-refractivity contribution in [3.8, 4) is 0 Å². The second-order valence-corrected chi connectivity index (χ2v) is 4.46. The number of nitrogens with one attached hydrogen (secondary N) is 2. The van der Waals surface area contributed by atoms with E-state index in [2.05, 4.69) is 30.2 Å². The average Bonchev–Trinajstić information content (AvgIpc) is 2.97. The number of aryl methyl sites for hydroxylation is 1. The molecule has 1 unspecified atom stereocenters. The lowest BCUT2D eigenvalue weighted by Gasteiger charge is -2.11. The highest BCUT2D eigenvalue weighted by Crippen LogP contribution is 2.23. The number of nitrogens with zero attached hydrogens (tertiary/aromatic N) is 4. The summed E-state index contributed by atoms with van der Waals surface area (Å²) in [5.41, 5.74) is 1.21. The molecule has 19 heavy (non-hydrogen) atoms. The minimum Gasteiger partial charge on any atom is -0.444 e. The number of imidazole rings is 1. The number of rotatable bonds is 3. The number of halogens is 1. The molecule has 1 atom stereocenters. The molecule has 3 heterocycles. The highest BCUT2D eigenvalue weighted by molar-refractivity contribution is 6.28. The quantitative estimate of drug-likeness (QED) is 0.715. The zero-order valence-electron chi connectivity index (χ0n) is 10.3. The van der Waals surface area contributed by atoms with Crippen molar-refractivity contribution in [3.63, 3.8) is 0 Å². The number of hydrogen-bond acceptors (Lipinski definition) is 6. The van der Waals surface area contributed by atoms with Crippen molar-refractivity contribution in [2.75, 3.05) is 5.32 Å². The fraction of sp³-hybridized carbons (Fsp3) is 0.273. The Morgan fingerprint density at radius 1 is 1.37 bits per heavy atom. The molecule has 0 aliphatic heterocycles. The number of H-pyrrole nitrogens is 1. The SMILES string of the molecule is Cc1cnc(C(C)Nc2nc(Cl)nc3nc[nH]c23)o1. The van der Waals surface area contributed by atoms with Gasteiger partial charge in [-0.05, 0) is 25.4 Å². The fourth-order valence-corrected chi connectivity index (χ4v) is 1.91. The zero-order chi connectivity index (χ0) is 13.4. The van der Waals surface area contributed by atoms with E-state index in [1.165, 1.54) is 0 Å². The number of anilines is 1. The number of oxazole rings is 1. The zero-order valence-corrected chi connectivity index (χ0v) is 11.1. The Morgan fingerprint density at radius 2 is 2.21 bits per heavy atom. The summed E-state index contributed by atoms with van der Waals surface area (Å²) < 4.78 is 5.47. The molecular formula is C11H11ClN6O. The van der Waals surface area contributed by atoms with Crippen LogP contribution in [0, 0.1) is 6.92 Å². The third-order valence-corrected chi connectivity index (χ3v) is 2.79. The Hall–Kier alpha value is -2.15. The fourth-order valence-electron chi connectivity index (χ4n) is 1.75. The van der Waals surface area contributed by atoms with Crippen LogP contribution in [0.25, 0.3) is 11.2 Å². The van der Waals surface area contributed by atoms with Crippen LogP contribution in [0.15, 0.2) is 16.9 Å². The standard InChI is InChI=1S/C11H11ClN6O/c1-5-3-13-10(19-5)6(2)16-9-7-8(15-4-14-7)17-11(12)18-9/h3-4,6H,1-2H3,(H2,14,15,16,17,18). The van der Waals surface area contributed by atoms with Gasteiger partial charge in [-0.1, -0.05) is 0 Å². The molecule has 0 aliphatic carbocycles. The summed E-state index contributed by atoms with van der Waals surface area (Å²) in [6.45, 7) is 3.77. The van der Waals surface area contributed by atoms with E-state index >= 15 is 0 Å². The van der Waals surface area contributed by atoms with E-state index in [0.29, 0.717) is 22.9 Å². The van der Waals surface area contributed by atoms with Gasteiger partial charge in [-0.25, -0.2) is 9.97 Å². The second-order valence-electron chi connectivity index (χ2n) is 4.12. The molecule has 3 rings (SSSR count). The molecule has 0 spiro atoms. The molecule has 0 radical (unpaired) electrons. The number of fused-ring (bicyclic) bond motifs is 1. The Labute approximate surface area is 113 Å². The maximum absolute atomic E-state index is 5.86. The second kappa shape index (κ2) is 4.51. The molecule has 0 saturated heterocycles. The summed E-state index contributed by atoms with van der Waals surface area (Å²) in [7, 11) is 0. The predicted octanol–water partition coefficient (Wildman–Crippen LogP) is 2.48. The minimum absolute atomic E-state index is 0.137. The number of aromatic amines is 1. The van der Waals surface area contributed by atoms with E-state index in [1.54, 1.807) is 12.5 Å². The van der Waals surface area contributed by atoms with Gasteiger partial charge in [0.05, 0.1) is 12.5 Å². The van der Waals surface area contributed by atoms with Crippen molar-refractivity contribution < 1.29 is 4.42 Å². The van der Waals surface area contributed by atoms with Crippen LogP contribution in [0.1, 0.15) is 24.6 Å². The molecule has 0 aromatic carbocycles. The van der Waals surface area contributed by atoms with E-state index in [0.717, 1.165) is 5.76 Å². The first-order valence-corrected chi connectivity index (χ1v) is 6.07. The summed E-state index contributed by atoms with van der Waals surface area (Å²) in [6.07, 6.45) is 3.22. The van der Waals surface area contributed by atoms with E-state index in [-0.39, 0.29) is 11.3 Å². The maximum atomic E-state index is 5.86. The monoisotopic (exact) mass is 278 g/mol. The molecule has 0 aliphatic rings. The predicted molar refractivity (Wildman–Crippen MR) is 70.0 cm³/mol. The summed E-state index contributed by atoms with van der Waals surface area (Å²) in [5.74, 6) is 1.91. The van der Waals surface area contributed by atoms with Gasteiger partial charge >= 0.3 is 0 Å². The lowest BCUT2D eigenvalue weighted by molar-refractivity contribution is 0.453. The molecule has 3 aromatic heterocycles. The Bertz CT molecular complexity index is 721. The molecule has 3 aromatic rings. The third-order valence-electron chi connectivity index (χ3n) is 2.62. The van der Waals surface area contributed by atoms with Gasteiger partial charge in [0.2, 0.25) is 11.2 Å². The van der Waals surface area contributed by atoms with Gasteiger partial charge in [0, 0.05) is 0 Å². The van der Waals surface area contributed by atoms with E-state index in [1.807, 2.05) is 13.8 Å². The maximum Gasteiger partial charge on any atom is 0.226 e. The van der Waals surface area contributed by atoms with Gasteiger partial charge in [0.15, 0.2) is 11.5 Å². The van der Waals surface area contributed by atoms with Gasteiger partial charge in [-0.15, -0.1) is 0 Å². The Morgan fingerprint density at radius 3 is 2.95 bits per heavy atom. The molecule has 0 saturated carbocycles. The molecule has 0 fully saturated rings. The Balaban J connectivity index is 1.94. The first kappa shape index (κ1) is 11.9. The van der Waals surface area contributed by atoms with Crippen LogP contribution >= 0.6 is 11.6 Å². The summed E-state index contributed by atoms with van der Waals surface area (Å²) in [6, 6.07) is -0.147. The summed E-state index contributed by atoms with van der Waals surface area (Å²) in [4.78, 5) is 19.4. The van der Waals surface area contributed by atoms with Crippen LogP contribution in [-0.2, 0) is 0 Å². The lowest BCUT2D eigenvalue weighted by Crippen LogP contribution is -2.09. The highest BCUT2D eigenvalue weighted by atomic mass is 35.5. The van der Waals surface area contributed by atoms with Crippen molar-refractivity contribution in [1.82, 2.24) is 24.9 Å². The largest absolute Gasteiger partial charge is 0.444 e. The van der Waals surface area contributed by atoms with Crippen LogP contribution in [-0.4, -0.2) is 24.9 Å². The van der Waals surface area contributed by atoms with Crippen LogP contribution in [0.4, 0.5) is 5.82 Å². The molecule has 8 heteroatoms. The number of hydrogen-bond donors (Lipinski definition) is 2. The third kappa shape index (κ3) is 2.24. The molecule has 0 bridgehead atoms. The molecule has 0 amide bonds.